The number of hydrogen-bond acceptors (Lipinski definition) is 4. The third kappa shape index (κ3) is 4.32. The summed E-state index contributed by atoms with van der Waals surface area (Å²) in [6, 6.07) is 8.87. The van der Waals surface area contributed by atoms with E-state index in [-0.39, 0.29) is 21.9 Å². The molecule has 1 amide bonds. The second-order valence-electron chi connectivity index (χ2n) is 6.81. The number of benzene rings is 2. The van der Waals surface area contributed by atoms with Gasteiger partial charge in [0, 0.05) is 19.2 Å². The van der Waals surface area contributed by atoms with Crippen molar-refractivity contribution >= 4 is 11.6 Å². The number of carbonyl (C=O) groups excluding carboxylic acids is 1. The molecule has 3 rings (SSSR count). The zero-order chi connectivity index (χ0) is 21.2. The summed E-state index contributed by atoms with van der Waals surface area (Å²) in [6.07, 6.45) is -4.46. The molecule has 0 saturated carbocycles. The monoisotopic (exact) mass is 408 g/mol. The fourth-order valence-corrected chi connectivity index (χ4v) is 3.53. The number of alkyl halides is 3. The molecule has 0 N–H and O–H groups in total. The third-order valence-corrected chi connectivity index (χ3v) is 4.84. The fourth-order valence-electron chi connectivity index (χ4n) is 3.53. The summed E-state index contributed by atoms with van der Waals surface area (Å²) in [7, 11) is 3.22. The molecule has 2 aromatic rings. The summed E-state index contributed by atoms with van der Waals surface area (Å²) < 4.78 is 52.7. The maximum Gasteiger partial charge on any atom is 0.491 e. The summed E-state index contributed by atoms with van der Waals surface area (Å²) in [6.45, 7) is 3.33. The molecule has 0 spiro atoms. The number of amides is 1. The van der Waals surface area contributed by atoms with Crippen molar-refractivity contribution < 1.29 is 27.4 Å². The molecule has 156 valence electrons. The van der Waals surface area contributed by atoms with Gasteiger partial charge in [-0.15, -0.1) is 13.2 Å². The normalized spacial score (nSPS) is 14.3. The van der Waals surface area contributed by atoms with Crippen molar-refractivity contribution in [2.75, 3.05) is 32.2 Å². The molecule has 0 bridgehead atoms. The van der Waals surface area contributed by atoms with Crippen molar-refractivity contribution in [1.29, 1.82) is 0 Å². The summed E-state index contributed by atoms with van der Waals surface area (Å²) in [5.41, 5.74) is 1.01. The van der Waals surface area contributed by atoms with Crippen LogP contribution in [0.1, 0.15) is 28.4 Å². The van der Waals surface area contributed by atoms with Crippen LogP contribution < -0.4 is 14.4 Å². The van der Waals surface area contributed by atoms with E-state index >= 15 is 0 Å². The molecule has 1 heterocycles. The highest BCUT2D eigenvalue weighted by Gasteiger charge is 2.44. The molecular formula is C21H23F3N2O3. The molecule has 1 aliphatic heterocycles. The predicted octanol–water partition coefficient (Wildman–Crippen LogP) is 4.25. The molecule has 8 heteroatoms. The number of anilines is 1. The zero-order valence-electron chi connectivity index (χ0n) is 16.5. The highest BCUT2D eigenvalue weighted by atomic mass is 19.4. The summed E-state index contributed by atoms with van der Waals surface area (Å²) >= 11 is 0. The number of likely N-dealkylation sites (N-methyl/N-ethyl adjacent to an activating group) is 1. The van der Waals surface area contributed by atoms with Gasteiger partial charge in [-0.2, -0.15) is 0 Å². The van der Waals surface area contributed by atoms with Crippen molar-refractivity contribution in [3.05, 3.63) is 53.1 Å². The lowest BCUT2D eigenvalue weighted by Crippen LogP contribution is -2.44. The van der Waals surface area contributed by atoms with Crippen LogP contribution >= 0.6 is 0 Å². The Morgan fingerprint density at radius 3 is 2.66 bits per heavy atom. The number of methoxy groups -OCH3 is 1. The van der Waals surface area contributed by atoms with Gasteiger partial charge in [0.1, 0.15) is 11.5 Å². The van der Waals surface area contributed by atoms with Crippen LogP contribution in [0, 0.1) is 0 Å². The van der Waals surface area contributed by atoms with E-state index in [0.29, 0.717) is 37.4 Å². The van der Waals surface area contributed by atoms with Crippen LogP contribution in [-0.4, -0.2) is 44.4 Å². The topological polar surface area (TPSA) is 42.0 Å². The number of nitrogens with zero attached hydrogens (tertiary/aromatic N) is 2. The number of hydrogen-bond donors (Lipinski definition) is 0. The average molecular weight is 408 g/mol. The van der Waals surface area contributed by atoms with Gasteiger partial charge in [-0.3, -0.25) is 4.79 Å². The molecule has 2 aromatic carbocycles. The lowest BCUT2D eigenvalue weighted by Gasteiger charge is -2.32. The third-order valence-electron chi connectivity index (χ3n) is 4.84. The second kappa shape index (κ2) is 8.32. The van der Waals surface area contributed by atoms with Gasteiger partial charge in [-0.1, -0.05) is 12.1 Å². The molecule has 0 aliphatic carbocycles. The van der Waals surface area contributed by atoms with Crippen LogP contribution in [0.3, 0.4) is 0 Å². The predicted molar refractivity (Wildman–Crippen MR) is 104 cm³/mol. The summed E-state index contributed by atoms with van der Waals surface area (Å²) in [4.78, 5) is 15.0. The van der Waals surface area contributed by atoms with E-state index in [1.165, 1.54) is 31.4 Å². The second-order valence-corrected chi connectivity index (χ2v) is 6.81. The van der Waals surface area contributed by atoms with E-state index in [1.807, 2.05) is 11.9 Å². The first-order chi connectivity index (χ1) is 13.8. The quantitative estimate of drug-likeness (QED) is 0.694. The van der Waals surface area contributed by atoms with Crippen molar-refractivity contribution in [3.8, 4) is 11.5 Å². The van der Waals surface area contributed by atoms with Crippen LogP contribution in [0.15, 0.2) is 36.4 Å². The molecule has 5 nitrogen and oxygen atoms in total. The highest BCUT2D eigenvalue weighted by Crippen LogP contribution is 2.37. The Kier molecular flexibility index (Phi) is 6.02. The van der Waals surface area contributed by atoms with E-state index in [9.17, 15) is 18.0 Å². The van der Waals surface area contributed by atoms with Gasteiger partial charge >= 0.3 is 6.30 Å². The van der Waals surface area contributed by atoms with Gasteiger partial charge in [0.25, 0.3) is 5.91 Å². The van der Waals surface area contributed by atoms with Crippen molar-refractivity contribution in [2.24, 2.45) is 0 Å². The molecule has 29 heavy (non-hydrogen) atoms. The van der Waals surface area contributed by atoms with E-state index in [4.69, 9.17) is 9.47 Å². The number of rotatable bonds is 5. The highest BCUT2D eigenvalue weighted by molar-refractivity contribution is 6.09. The molecule has 1 aliphatic rings. The Labute approximate surface area is 167 Å². The minimum Gasteiger partial charge on any atom is -0.496 e. The maximum atomic E-state index is 14.1. The Morgan fingerprint density at radius 1 is 1.24 bits per heavy atom. The van der Waals surface area contributed by atoms with Gasteiger partial charge in [0.2, 0.25) is 0 Å². The molecule has 0 atom stereocenters. The SMILES string of the molecule is CCOc1ccc(C(=O)N(c2cccc3c2CCN(C)C3)C(F)(F)F)c(OC)c1. The van der Waals surface area contributed by atoms with Crippen LogP contribution in [-0.2, 0) is 13.0 Å². The minimum absolute atomic E-state index is 0.0275. The van der Waals surface area contributed by atoms with Gasteiger partial charge in [-0.05, 0) is 49.7 Å². The lowest BCUT2D eigenvalue weighted by molar-refractivity contribution is -0.122. The Bertz CT molecular complexity index is 899. The van der Waals surface area contributed by atoms with Gasteiger partial charge in [0.15, 0.2) is 0 Å². The van der Waals surface area contributed by atoms with E-state index in [2.05, 4.69) is 0 Å². The van der Waals surface area contributed by atoms with Crippen LogP contribution in [0.25, 0.3) is 0 Å². The first kappa shape index (κ1) is 21.0. The first-order valence-electron chi connectivity index (χ1n) is 9.27. The van der Waals surface area contributed by atoms with Crippen molar-refractivity contribution in [2.45, 2.75) is 26.2 Å². The molecule has 0 fully saturated rings. The number of ether oxygens (including phenoxy) is 2. The standard InChI is InChI=1S/C21H23F3N2O3/c1-4-29-15-8-9-17(19(12-15)28-3)20(27)26(21(22,23)24)18-7-5-6-14-13-25(2)11-10-16(14)18/h5-9,12H,4,10-11,13H2,1-3H3. The van der Waals surface area contributed by atoms with Crippen molar-refractivity contribution in [3.63, 3.8) is 0 Å². The zero-order valence-corrected chi connectivity index (χ0v) is 16.5. The molecular weight excluding hydrogens is 385 g/mol. The summed E-state index contributed by atoms with van der Waals surface area (Å²) in [5, 5.41) is 0. The molecule has 0 saturated heterocycles. The summed E-state index contributed by atoms with van der Waals surface area (Å²) in [5.74, 6) is -0.746. The molecule has 0 aromatic heterocycles. The average Bonchev–Trinajstić information content (AvgIpc) is 2.67. The van der Waals surface area contributed by atoms with Crippen LogP contribution in [0.2, 0.25) is 0 Å². The minimum atomic E-state index is -4.89. The van der Waals surface area contributed by atoms with Crippen molar-refractivity contribution in [1.82, 2.24) is 4.90 Å². The van der Waals surface area contributed by atoms with E-state index in [1.54, 1.807) is 19.1 Å². The van der Waals surface area contributed by atoms with E-state index < -0.39 is 12.2 Å². The smallest absolute Gasteiger partial charge is 0.491 e. The van der Waals surface area contributed by atoms with E-state index in [0.717, 1.165) is 5.56 Å². The Balaban J connectivity index is 2.08. The lowest BCUT2D eigenvalue weighted by atomic mass is 9.97. The molecule has 0 unspecified atom stereocenters. The van der Waals surface area contributed by atoms with Gasteiger partial charge in [-0.25, -0.2) is 4.90 Å². The van der Waals surface area contributed by atoms with Crippen LogP contribution in [0.4, 0.5) is 18.9 Å². The van der Waals surface area contributed by atoms with Crippen LogP contribution in [0.5, 0.6) is 11.5 Å². The number of fused-ring (bicyclic) bond motifs is 1. The number of halogens is 3. The van der Waals surface area contributed by atoms with Gasteiger partial charge < -0.3 is 14.4 Å². The largest absolute Gasteiger partial charge is 0.496 e. The maximum absolute atomic E-state index is 14.1. The molecule has 0 radical (unpaired) electrons. The number of carbonyl (C=O) groups is 1. The fraction of sp³-hybridized carbons (Fsp3) is 0.381. The Morgan fingerprint density at radius 2 is 2.00 bits per heavy atom. The Hall–Kier alpha value is -2.74. The van der Waals surface area contributed by atoms with Gasteiger partial charge in [0.05, 0.1) is 25.0 Å². The first-order valence-corrected chi connectivity index (χ1v) is 9.27.